The first-order valence-electron chi connectivity index (χ1n) is 13.5. The molecule has 0 bridgehead atoms. The second-order valence-electron chi connectivity index (χ2n) is 9.84. The number of carbonyl (C=O) groups excluding carboxylic acids is 1. The van der Waals surface area contributed by atoms with Gasteiger partial charge in [-0.2, -0.15) is 0 Å². The SMILES string of the molecule is O=C(N[C@@H](CCCNC1CCCc2cccnc21)C(=O)O)c1ccc(CNc2ccccn2)c2ccccc12. The van der Waals surface area contributed by atoms with Crippen LogP contribution in [0.5, 0.6) is 0 Å². The normalized spacial score (nSPS) is 15.3. The Morgan fingerprint density at radius 2 is 1.77 bits per heavy atom. The number of aryl methyl sites for hydroxylation is 1. The van der Waals surface area contributed by atoms with Gasteiger partial charge in [0.05, 0.1) is 5.69 Å². The van der Waals surface area contributed by atoms with E-state index in [-0.39, 0.29) is 11.9 Å². The van der Waals surface area contributed by atoms with E-state index in [4.69, 9.17) is 0 Å². The maximum Gasteiger partial charge on any atom is 0.326 e. The highest BCUT2D eigenvalue weighted by Gasteiger charge is 2.23. The molecule has 2 aromatic heterocycles. The zero-order valence-corrected chi connectivity index (χ0v) is 21.8. The van der Waals surface area contributed by atoms with Crippen molar-refractivity contribution in [3.63, 3.8) is 0 Å². The van der Waals surface area contributed by atoms with Crippen LogP contribution in [0.4, 0.5) is 5.82 Å². The number of hydrogen-bond acceptors (Lipinski definition) is 6. The van der Waals surface area contributed by atoms with Gasteiger partial charge in [0.15, 0.2) is 0 Å². The van der Waals surface area contributed by atoms with E-state index in [9.17, 15) is 14.7 Å². The summed E-state index contributed by atoms with van der Waals surface area (Å²) in [5.74, 6) is -0.652. The lowest BCUT2D eigenvalue weighted by atomic mass is 9.92. The van der Waals surface area contributed by atoms with Crippen molar-refractivity contribution < 1.29 is 14.7 Å². The molecule has 1 amide bonds. The summed E-state index contributed by atoms with van der Waals surface area (Å²) in [6, 6.07) is 20.3. The van der Waals surface area contributed by atoms with E-state index in [0.717, 1.165) is 47.1 Å². The van der Waals surface area contributed by atoms with Crippen molar-refractivity contribution in [3.05, 3.63) is 102 Å². The van der Waals surface area contributed by atoms with Gasteiger partial charge in [0.2, 0.25) is 0 Å². The quantitative estimate of drug-likeness (QED) is 0.207. The number of pyridine rings is 2. The van der Waals surface area contributed by atoms with Crippen LogP contribution in [0.15, 0.2) is 79.1 Å². The summed E-state index contributed by atoms with van der Waals surface area (Å²) in [6.07, 6.45) is 7.68. The Morgan fingerprint density at radius 3 is 2.59 bits per heavy atom. The number of benzene rings is 2. The molecule has 2 atom stereocenters. The molecule has 0 spiro atoms. The molecule has 200 valence electrons. The summed E-state index contributed by atoms with van der Waals surface area (Å²) < 4.78 is 0. The summed E-state index contributed by atoms with van der Waals surface area (Å²) in [6.45, 7) is 1.20. The van der Waals surface area contributed by atoms with Gasteiger partial charge in [0, 0.05) is 30.5 Å². The number of nitrogens with one attached hydrogen (secondary N) is 3. The van der Waals surface area contributed by atoms with E-state index in [1.54, 1.807) is 12.3 Å². The first kappa shape index (κ1) is 26.3. The zero-order valence-electron chi connectivity index (χ0n) is 21.8. The Bertz CT molecular complexity index is 1440. The summed E-state index contributed by atoms with van der Waals surface area (Å²) in [7, 11) is 0. The van der Waals surface area contributed by atoms with Crippen molar-refractivity contribution in [3.8, 4) is 0 Å². The molecule has 4 N–H and O–H groups in total. The summed E-state index contributed by atoms with van der Waals surface area (Å²) in [4.78, 5) is 34.1. The molecule has 4 aromatic rings. The van der Waals surface area contributed by atoms with Gasteiger partial charge < -0.3 is 21.1 Å². The zero-order chi connectivity index (χ0) is 27.0. The summed E-state index contributed by atoms with van der Waals surface area (Å²) in [5, 5.41) is 21.1. The fourth-order valence-electron chi connectivity index (χ4n) is 5.25. The summed E-state index contributed by atoms with van der Waals surface area (Å²) in [5.41, 5.74) is 3.86. The standard InChI is InChI=1S/C31H33N5O3/c37-30(25-16-15-22(23-10-1-2-11-24(23)25)20-35-28-14-3-4-17-33-28)36-27(31(38)39)13-7-18-32-26-12-5-8-21-9-6-19-34-29(21)26/h1-4,6,9-11,14-17,19,26-27,32H,5,7-8,12-13,18,20H2,(H,33,35)(H,36,37)(H,38,39)/t26?,27-/m0/s1. The predicted octanol–water partition coefficient (Wildman–Crippen LogP) is 4.87. The van der Waals surface area contributed by atoms with Crippen molar-refractivity contribution in [2.75, 3.05) is 11.9 Å². The van der Waals surface area contributed by atoms with Gasteiger partial charge in [-0.3, -0.25) is 9.78 Å². The average Bonchev–Trinajstić information content (AvgIpc) is 2.97. The average molecular weight is 524 g/mol. The van der Waals surface area contributed by atoms with E-state index >= 15 is 0 Å². The summed E-state index contributed by atoms with van der Waals surface area (Å²) >= 11 is 0. The number of rotatable bonds is 11. The second-order valence-corrected chi connectivity index (χ2v) is 9.84. The highest BCUT2D eigenvalue weighted by Crippen LogP contribution is 2.28. The van der Waals surface area contributed by atoms with Crippen molar-refractivity contribution in [1.29, 1.82) is 0 Å². The molecule has 2 heterocycles. The fourth-order valence-corrected chi connectivity index (χ4v) is 5.25. The van der Waals surface area contributed by atoms with Crippen LogP contribution in [0.3, 0.4) is 0 Å². The number of amides is 1. The third-order valence-electron chi connectivity index (χ3n) is 7.24. The molecule has 0 radical (unpaired) electrons. The number of hydrogen-bond donors (Lipinski definition) is 4. The molecule has 8 heteroatoms. The van der Waals surface area contributed by atoms with Gasteiger partial charge in [-0.25, -0.2) is 9.78 Å². The van der Waals surface area contributed by atoms with Crippen molar-refractivity contribution in [2.45, 2.75) is 50.7 Å². The smallest absolute Gasteiger partial charge is 0.326 e. The van der Waals surface area contributed by atoms with Crippen LogP contribution in [0.2, 0.25) is 0 Å². The second kappa shape index (κ2) is 12.5. The molecule has 8 nitrogen and oxygen atoms in total. The van der Waals surface area contributed by atoms with E-state index in [1.807, 2.05) is 60.8 Å². The Morgan fingerprint density at radius 1 is 0.949 bits per heavy atom. The fraction of sp³-hybridized carbons (Fsp3) is 0.290. The highest BCUT2D eigenvalue weighted by molar-refractivity contribution is 6.08. The van der Waals surface area contributed by atoms with E-state index in [1.165, 1.54) is 5.56 Å². The molecule has 39 heavy (non-hydrogen) atoms. The minimum atomic E-state index is -1.03. The molecule has 2 aromatic carbocycles. The number of carbonyl (C=O) groups is 2. The van der Waals surface area contributed by atoms with Gasteiger partial charge in [-0.1, -0.05) is 42.5 Å². The van der Waals surface area contributed by atoms with Crippen molar-refractivity contribution >= 4 is 28.5 Å². The number of anilines is 1. The molecule has 0 aliphatic heterocycles. The van der Waals surface area contributed by atoms with E-state index < -0.39 is 12.0 Å². The maximum absolute atomic E-state index is 13.3. The molecule has 0 fully saturated rings. The van der Waals surface area contributed by atoms with Gasteiger partial charge in [0.1, 0.15) is 11.9 Å². The molecular formula is C31H33N5O3. The van der Waals surface area contributed by atoms with Gasteiger partial charge in [0.25, 0.3) is 5.91 Å². The minimum Gasteiger partial charge on any atom is -0.480 e. The lowest BCUT2D eigenvalue weighted by Gasteiger charge is -2.25. The number of aliphatic carboxylic acids is 1. The van der Waals surface area contributed by atoms with Gasteiger partial charge in [-0.05, 0) is 84.8 Å². The Labute approximate surface area is 227 Å². The van der Waals surface area contributed by atoms with Crippen LogP contribution in [0.1, 0.15) is 58.9 Å². The largest absolute Gasteiger partial charge is 0.480 e. The van der Waals surface area contributed by atoms with Crippen LogP contribution in [0, 0.1) is 0 Å². The molecular weight excluding hydrogens is 490 g/mol. The Balaban J connectivity index is 1.21. The third kappa shape index (κ3) is 6.41. The van der Waals surface area contributed by atoms with E-state index in [0.29, 0.717) is 31.5 Å². The molecule has 1 aliphatic carbocycles. The van der Waals surface area contributed by atoms with Crippen LogP contribution in [-0.2, 0) is 17.8 Å². The Kier molecular flexibility index (Phi) is 8.43. The van der Waals surface area contributed by atoms with Crippen LogP contribution < -0.4 is 16.0 Å². The third-order valence-corrected chi connectivity index (χ3v) is 7.24. The van der Waals surface area contributed by atoms with Gasteiger partial charge in [-0.15, -0.1) is 0 Å². The molecule has 0 saturated heterocycles. The van der Waals surface area contributed by atoms with Crippen molar-refractivity contribution in [2.24, 2.45) is 0 Å². The van der Waals surface area contributed by atoms with Crippen LogP contribution in [-0.4, -0.2) is 39.5 Å². The maximum atomic E-state index is 13.3. The number of carboxylic acids is 1. The first-order valence-corrected chi connectivity index (χ1v) is 13.5. The lowest BCUT2D eigenvalue weighted by molar-refractivity contribution is -0.139. The monoisotopic (exact) mass is 523 g/mol. The van der Waals surface area contributed by atoms with Crippen molar-refractivity contribution in [1.82, 2.24) is 20.6 Å². The number of nitrogens with zero attached hydrogens (tertiary/aromatic N) is 2. The minimum absolute atomic E-state index is 0.185. The number of fused-ring (bicyclic) bond motifs is 2. The van der Waals surface area contributed by atoms with Crippen LogP contribution in [0.25, 0.3) is 10.8 Å². The number of aromatic nitrogens is 2. The molecule has 1 unspecified atom stereocenters. The predicted molar refractivity (Wildman–Crippen MR) is 152 cm³/mol. The van der Waals surface area contributed by atoms with Gasteiger partial charge >= 0.3 is 5.97 Å². The number of carboxylic acid groups (broad SMARTS) is 1. The highest BCUT2D eigenvalue weighted by atomic mass is 16.4. The Hall–Kier alpha value is -4.30. The molecule has 5 rings (SSSR count). The molecule has 1 aliphatic rings. The van der Waals surface area contributed by atoms with E-state index in [2.05, 4.69) is 32.0 Å². The lowest BCUT2D eigenvalue weighted by Crippen LogP contribution is -2.41. The topological polar surface area (TPSA) is 116 Å². The van der Waals surface area contributed by atoms with Crippen LogP contribution >= 0.6 is 0 Å². The molecule has 0 saturated carbocycles. The first-order chi connectivity index (χ1) is 19.1.